The molecule has 0 saturated carbocycles. The van der Waals surface area contributed by atoms with E-state index in [2.05, 4.69) is 10.3 Å². The monoisotopic (exact) mass is 241 g/mol. The average molecular weight is 241 g/mol. The molecule has 7 heteroatoms. The zero-order valence-corrected chi connectivity index (χ0v) is 9.66. The molecular formula is C10H15N3O4. The quantitative estimate of drug-likeness (QED) is 0.538. The largest absolute Gasteiger partial charge is 0.394 e. The molecule has 4 N–H and O–H groups in total. The maximum Gasteiger partial charge on any atom is 0.325 e. The van der Waals surface area contributed by atoms with Crippen LogP contribution in [0.5, 0.6) is 0 Å². The fraction of sp³-hybridized carbons (Fsp3) is 0.500. The van der Waals surface area contributed by atoms with Crippen molar-refractivity contribution in [2.24, 2.45) is 0 Å². The number of amides is 1. The van der Waals surface area contributed by atoms with Crippen LogP contribution >= 0.6 is 0 Å². The van der Waals surface area contributed by atoms with Crippen LogP contribution in [0.3, 0.4) is 0 Å². The van der Waals surface area contributed by atoms with Gasteiger partial charge in [-0.3, -0.25) is 14.6 Å². The van der Waals surface area contributed by atoms with Crippen LogP contribution in [0, 0.1) is 0 Å². The first-order chi connectivity index (χ1) is 7.91. The Morgan fingerprint density at radius 1 is 1.53 bits per heavy atom. The van der Waals surface area contributed by atoms with E-state index >= 15 is 0 Å². The molecule has 0 aliphatic rings. The third-order valence-electron chi connectivity index (χ3n) is 2.61. The van der Waals surface area contributed by atoms with Crippen molar-refractivity contribution in [2.45, 2.75) is 25.8 Å². The van der Waals surface area contributed by atoms with Crippen molar-refractivity contribution in [1.29, 1.82) is 0 Å². The van der Waals surface area contributed by atoms with Gasteiger partial charge in [-0.25, -0.2) is 4.79 Å². The zero-order valence-electron chi connectivity index (χ0n) is 9.66. The number of hydrogen-bond acceptors (Lipinski definition) is 4. The standard InChI is InChI=1S/C10H15N3O4/c1-3-10(2,5-14)13-8(16)6-4-11-9(17)12-7(6)15/h4,14H,3,5H2,1-2H3,(H,13,16)(H2,11,12,15,17). The molecule has 0 aromatic carbocycles. The van der Waals surface area contributed by atoms with Crippen LogP contribution in [0.1, 0.15) is 30.6 Å². The van der Waals surface area contributed by atoms with Gasteiger partial charge in [0.1, 0.15) is 5.56 Å². The second kappa shape index (κ2) is 4.96. The number of aliphatic hydroxyl groups is 1. The van der Waals surface area contributed by atoms with E-state index in [4.69, 9.17) is 5.11 Å². The summed E-state index contributed by atoms with van der Waals surface area (Å²) in [4.78, 5) is 38.0. The third-order valence-corrected chi connectivity index (χ3v) is 2.61. The molecule has 0 bridgehead atoms. The van der Waals surface area contributed by atoms with Crippen molar-refractivity contribution in [2.75, 3.05) is 6.61 Å². The Hall–Kier alpha value is -1.89. The van der Waals surface area contributed by atoms with Gasteiger partial charge >= 0.3 is 5.69 Å². The molecule has 0 aliphatic carbocycles. The lowest BCUT2D eigenvalue weighted by molar-refractivity contribution is 0.0845. The highest BCUT2D eigenvalue weighted by Gasteiger charge is 2.25. The van der Waals surface area contributed by atoms with Gasteiger partial charge in [0, 0.05) is 6.20 Å². The molecule has 94 valence electrons. The van der Waals surface area contributed by atoms with E-state index in [1.807, 2.05) is 4.98 Å². The first kappa shape index (κ1) is 13.2. The second-order valence-electron chi connectivity index (χ2n) is 4.01. The molecule has 17 heavy (non-hydrogen) atoms. The molecule has 1 aromatic heterocycles. The Morgan fingerprint density at radius 3 is 2.65 bits per heavy atom. The highest BCUT2D eigenvalue weighted by atomic mass is 16.3. The van der Waals surface area contributed by atoms with E-state index in [9.17, 15) is 14.4 Å². The van der Waals surface area contributed by atoms with Crippen LogP contribution < -0.4 is 16.6 Å². The minimum absolute atomic E-state index is 0.197. The van der Waals surface area contributed by atoms with Crippen molar-refractivity contribution >= 4 is 5.91 Å². The van der Waals surface area contributed by atoms with Crippen LogP contribution in [0.4, 0.5) is 0 Å². The lowest BCUT2D eigenvalue weighted by Gasteiger charge is -2.26. The molecule has 7 nitrogen and oxygen atoms in total. The number of H-pyrrole nitrogens is 2. The summed E-state index contributed by atoms with van der Waals surface area (Å²) in [5.74, 6) is -0.638. The number of hydrogen-bond donors (Lipinski definition) is 4. The molecule has 0 radical (unpaired) electrons. The lowest BCUT2D eigenvalue weighted by Crippen LogP contribution is -2.49. The maximum absolute atomic E-state index is 11.7. The number of nitrogens with one attached hydrogen (secondary N) is 3. The van der Waals surface area contributed by atoms with Crippen molar-refractivity contribution in [3.05, 3.63) is 32.6 Å². The van der Waals surface area contributed by atoms with E-state index < -0.39 is 22.7 Å². The van der Waals surface area contributed by atoms with Gasteiger partial charge in [-0.05, 0) is 13.3 Å². The predicted octanol–water partition coefficient (Wildman–Crippen LogP) is -1.05. The first-order valence-electron chi connectivity index (χ1n) is 5.17. The number of carbonyl (C=O) groups is 1. The minimum atomic E-state index is -0.792. The van der Waals surface area contributed by atoms with Gasteiger partial charge in [-0.1, -0.05) is 6.92 Å². The molecule has 0 saturated heterocycles. The number of aliphatic hydroxyl groups excluding tert-OH is 1. The summed E-state index contributed by atoms with van der Waals surface area (Å²) in [5, 5.41) is 11.7. The summed E-state index contributed by atoms with van der Waals surface area (Å²) < 4.78 is 0. The maximum atomic E-state index is 11.7. The molecule has 0 spiro atoms. The van der Waals surface area contributed by atoms with Crippen molar-refractivity contribution in [3.8, 4) is 0 Å². The van der Waals surface area contributed by atoms with Crippen molar-refractivity contribution < 1.29 is 9.90 Å². The number of aromatic nitrogens is 2. The highest BCUT2D eigenvalue weighted by molar-refractivity contribution is 5.93. The van der Waals surface area contributed by atoms with E-state index in [-0.39, 0.29) is 12.2 Å². The SMILES string of the molecule is CCC(C)(CO)NC(=O)c1c[nH]c(=O)[nH]c1=O. The van der Waals surface area contributed by atoms with Gasteiger partial charge in [0.05, 0.1) is 12.1 Å². The fourth-order valence-corrected chi connectivity index (χ4v) is 1.16. The normalized spacial score (nSPS) is 14.1. The van der Waals surface area contributed by atoms with Crippen LogP contribution in [0.25, 0.3) is 0 Å². The summed E-state index contributed by atoms with van der Waals surface area (Å²) in [6, 6.07) is 0. The molecular weight excluding hydrogens is 226 g/mol. The highest BCUT2D eigenvalue weighted by Crippen LogP contribution is 2.08. The number of carbonyl (C=O) groups excluding carboxylic acids is 1. The zero-order chi connectivity index (χ0) is 13.1. The van der Waals surface area contributed by atoms with Gasteiger partial charge < -0.3 is 15.4 Å². The van der Waals surface area contributed by atoms with Gasteiger partial charge in [0.2, 0.25) is 0 Å². The van der Waals surface area contributed by atoms with Crippen molar-refractivity contribution in [1.82, 2.24) is 15.3 Å². The Kier molecular flexibility index (Phi) is 3.84. The molecule has 1 amide bonds. The van der Waals surface area contributed by atoms with E-state index in [1.54, 1.807) is 13.8 Å². The summed E-state index contributed by atoms with van der Waals surface area (Å²) in [5.41, 5.74) is -2.42. The van der Waals surface area contributed by atoms with Crippen LogP contribution in [0.2, 0.25) is 0 Å². The van der Waals surface area contributed by atoms with E-state index in [0.29, 0.717) is 6.42 Å². The first-order valence-corrected chi connectivity index (χ1v) is 5.17. The molecule has 0 aliphatic heterocycles. The fourth-order valence-electron chi connectivity index (χ4n) is 1.16. The summed E-state index contributed by atoms with van der Waals surface area (Å²) in [6.45, 7) is 3.22. The Bertz CT molecular complexity index is 513. The topological polar surface area (TPSA) is 115 Å². The molecule has 1 heterocycles. The van der Waals surface area contributed by atoms with Gasteiger partial charge in [-0.15, -0.1) is 0 Å². The smallest absolute Gasteiger partial charge is 0.325 e. The van der Waals surface area contributed by atoms with Gasteiger partial charge in [-0.2, -0.15) is 0 Å². The van der Waals surface area contributed by atoms with Gasteiger partial charge in [0.25, 0.3) is 11.5 Å². The molecule has 1 aromatic rings. The van der Waals surface area contributed by atoms with Crippen LogP contribution in [0.15, 0.2) is 15.8 Å². The van der Waals surface area contributed by atoms with E-state index in [1.165, 1.54) is 0 Å². The number of aromatic amines is 2. The molecule has 1 rings (SSSR count). The Labute approximate surface area is 96.9 Å². The predicted molar refractivity (Wildman–Crippen MR) is 60.9 cm³/mol. The number of rotatable bonds is 4. The molecule has 1 unspecified atom stereocenters. The lowest BCUT2D eigenvalue weighted by atomic mass is 10.00. The summed E-state index contributed by atoms with van der Waals surface area (Å²) >= 11 is 0. The second-order valence-corrected chi connectivity index (χ2v) is 4.01. The summed E-state index contributed by atoms with van der Waals surface area (Å²) in [7, 11) is 0. The van der Waals surface area contributed by atoms with Crippen LogP contribution in [-0.4, -0.2) is 33.1 Å². The van der Waals surface area contributed by atoms with Crippen molar-refractivity contribution in [3.63, 3.8) is 0 Å². The third kappa shape index (κ3) is 3.04. The van der Waals surface area contributed by atoms with Crippen LogP contribution in [-0.2, 0) is 0 Å². The Morgan fingerprint density at radius 2 is 2.18 bits per heavy atom. The minimum Gasteiger partial charge on any atom is -0.394 e. The van der Waals surface area contributed by atoms with Gasteiger partial charge in [0.15, 0.2) is 0 Å². The summed E-state index contributed by atoms with van der Waals surface area (Å²) in [6.07, 6.45) is 1.56. The Balaban J connectivity index is 2.98. The molecule has 0 fully saturated rings. The average Bonchev–Trinajstić information content (AvgIpc) is 2.28. The molecule has 1 atom stereocenters. The van der Waals surface area contributed by atoms with E-state index in [0.717, 1.165) is 6.20 Å².